The second-order valence-electron chi connectivity index (χ2n) is 8.36. The van der Waals surface area contributed by atoms with E-state index in [1.807, 2.05) is 0 Å². The molecule has 0 N–H and O–H groups in total. The molecule has 3 aliphatic carbocycles. The van der Waals surface area contributed by atoms with Crippen molar-refractivity contribution in [2.45, 2.75) is 24.7 Å². The van der Waals surface area contributed by atoms with Gasteiger partial charge in [0.05, 0.1) is 11.8 Å². The van der Waals surface area contributed by atoms with Gasteiger partial charge in [0.1, 0.15) is 0 Å². The van der Waals surface area contributed by atoms with Crippen molar-refractivity contribution in [1.29, 1.82) is 0 Å². The van der Waals surface area contributed by atoms with Crippen LogP contribution in [0.1, 0.15) is 45.2 Å². The predicted molar refractivity (Wildman–Crippen MR) is 113 cm³/mol. The largest absolute Gasteiger partial charge is 0.298 e. The minimum atomic E-state index is -0.149. The lowest BCUT2D eigenvalue weighted by Gasteiger charge is -2.38. The highest BCUT2D eigenvalue weighted by molar-refractivity contribution is 6.11. The number of fused-ring (bicyclic) bond motifs is 4. The molecule has 7 rings (SSSR count). The number of hydrogen-bond donors (Lipinski definition) is 0. The number of carbonyl (C=O) groups is 1. The molecule has 4 aromatic rings. The fourth-order valence-corrected chi connectivity index (χ4v) is 5.89. The summed E-state index contributed by atoms with van der Waals surface area (Å²) < 4.78 is 0. The quantitative estimate of drug-likeness (QED) is 0.363. The van der Waals surface area contributed by atoms with Crippen LogP contribution in [0.25, 0.3) is 21.5 Å². The molecule has 3 aliphatic rings. The molecule has 0 heterocycles. The van der Waals surface area contributed by atoms with Gasteiger partial charge in [-0.15, -0.1) is 0 Å². The zero-order valence-electron chi connectivity index (χ0n) is 15.4. The van der Waals surface area contributed by atoms with Gasteiger partial charge in [0, 0.05) is 0 Å². The first-order valence-electron chi connectivity index (χ1n) is 10.1. The fourth-order valence-electron chi connectivity index (χ4n) is 5.89. The van der Waals surface area contributed by atoms with Crippen molar-refractivity contribution in [3.63, 3.8) is 0 Å². The van der Waals surface area contributed by atoms with Crippen LogP contribution in [0, 0.1) is 0 Å². The number of hydrogen-bond acceptors (Lipinski definition) is 1. The van der Waals surface area contributed by atoms with Gasteiger partial charge in [0.15, 0.2) is 5.78 Å². The summed E-state index contributed by atoms with van der Waals surface area (Å²) >= 11 is 0. The molecule has 2 unspecified atom stereocenters. The fraction of sp³-hybridized carbons (Fsp3) is 0.148. The maximum absolute atomic E-state index is 13.9. The number of carbonyl (C=O) groups excluding carboxylic acids is 1. The molecule has 0 aromatic heterocycles. The summed E-state index contributed by atoms with van der Waals surface area (Å²) in [5, 5.41) is 5.09. The van der Waals surface area contributed by atoms with Crippen LogP contribution in [0.15, 0.2) is 72.8 Å². The summed E-state index contributed by atoms with van der Waals surface area (Å²) in [5.41, 5.74) is 7.77. The van der Waals surface area contributed by atoms with E-state index in [0.29, 0.717) is 5.78 Å². The lowest BCUT2D eigenvalue weighted by molar-refractivity contribution is -0.120. The van der Waals surface area contributed by atoms with Gasteiger partial charge >= 0.3 is 0 Å². The Morgan fingerprint density at radius 3 is 2.36 bits per heavy atom. The van der Waals surface area contributed by atoms with E-state index in [-0.39, 0.29) is 11.8 Å². The Bertz CT molecular complexity index is 1390. The molecule has 4 aromatic carbocycles. The number of Topliss-reactive ketones (excluding diaryl/α,β-unsaturated/α-hetero) is 1. The first-order chi connectivity index (χ1) is 13.8. The molecule has 0 radical (unpaired) electrons. The highest BCUT2D eigenvalue weighted by Gasteiger charge is 2.42. The third-order valence-corrected chi connectivity index (χ3v) is 7.03. The smallest absolute Gasteiger partial charge is 0.156 e. The Hall–Kier alpha value is -3.19. The molecule has 0 aliphatic heterocycles. The molecule has 28 heavy (non-hydrogen) atoms. The molecular formula is C27H18O. The van der Waals surface area contributed by atoms with E-state index in [1.54, 1.807) is 0 Å². The second-order valence-corrected chi connectivity index (χ2v) is 8.36. The van der Waals surface area contributed by atoms with E-state index < -0.39 is 0 Å². The molecule has 0 amide bonds. The van der Waals surface area contributed by atoms with Crippen molar-refractivity contribution < 1.29 is 4.79 Å². The molecule has 0 bridgehead atoms. The van der Waals surface area contributed by atoms with Crippen LogP contribution >= 0.6 is 0 Å². The number of rotatable bonds is 0. The highest BCUT2D eigenvalue weighted by Crippen LogP contribution is 2.52. The van der Waals surface area contributed by atoms with Gasteiger partial charge in [-0.2, -0.15) is 0 Å². The Labute approximate surface area is 163 Å². The molecule has 0 saturated carbocycles. The molecule has 1 nitrogen and oxygen atoms in total. The van der Waals surface area contributed by atoms with Crippen LogP contribution < -0.4 is 0 Å². The Morgan fingerprint density at radius 1 is 0.714 bits per heavy atom. The lowest BCUT2D eigenvalue weighted by atomic mass is 9.64. The van der Waals surface area contributed by atoms with Crippen molar-refractivity contribution >= 4 is 27.3 Å². The summed E-state index contributed by atoms with van der Waals surface area (Å²) in [6, 6.07) is 21.9. The van der Waals surface area contributed by atoms with Crippen LogP contribution in [0.2, 0.25) is 0 Å². The van der Waals surface area contributed by atoms with Crippen LogP contribution in [-0.4, -0.2) is 5.78 Å². The standard InChI is InChI=1S/C27H18O/c28-27-21-7-3-5-16-9-10-17-11-13-19-14-18-12-8-15-4-1-2-6-20(15)23(18)26(27)25(19)24(17)22(16)21/h1-4,6-13,21,26H,5,14H2. The maximum atomic E-state index is 13.9. The number of benzene rings is 4. The Morgan fingerprint density at radius 2 is 1.46 bits per heavy atom. The Balaban J connectivity index is 1.68. The topological polar surface area (TPSA) is 17.1 Å². The van der Waals surface area contributed by atoms with Gasteiger partial charge < -0.3 is 0 Å². The average molecular weight is 358 g/mol. The normalized spacial score (nSPS) is 21.2. The molecule has 0 spiro atoms. The molecule has 0 fully saturated rings. The molecular weight excluding hydrogens is 340 g/mol. The van der Waals surface area contributed by atoms with Crippen LogP contribution in [0.3, 0.4) is 0 Å². The van der Waals surface area contributed by atoms with Crippen LogP contribution in [0.5, 0.6) is 0 Å². The third-order valence-electron chi connectivity index (χ3n) is 7.03. The molecule has 0 saturated heterocycles. The van der Waals surface area contributed by atoms with Gasteiger partial charge in [0.2, 0.25) is 0 Å². The van der Waals surface area contributed by atoms with Gasteiger partial charge in [-0.1, -0.05) is 72.8 Å². The summed E-state index contributed by atoms with van der Waals surface area (Å²) in [4.78, 5) is 13.9. The first kappa shape index (κ1) is 14.8. The van der Waals surface area contributed by atoms with Gasteiger partial charge in [-0.25, -0.2) is 0 Å². The Kier molecular flexibility index (Phi) is 2.64. The van der Waals surface area contributed by atoms with E-state index in [4.69, 9.17) is 0 Å². The van der Waals surface area contributed by atoms with Crippen molar-refractivity contribution in [2.24, 2.45) is 0 Å². The summed E-state index contributed by atoms with van der Waals surface area (Å²) in [7, 11) is 0. The first-order valence-corrected chi connectivity index (χ1v) is 10.1. The van der Waals surface area contributed by atoms with Gasteiger partial charge in [-0.3, -0.25) is 4.79 Å². The van der Waals surface area contributed by atoms with E-state index in [2.05, 4.69) is 72.8 Å². The SMILES string of the molecule is O=C1C2C=CCc3ccc4ccc5c(c4c32)C1c1c(ccc2ccccc12)C5. The molecule has 2 atom stereocenters. The third kappa shape index (κ3) is 1.66. The minimum absolute atomic E-state index is 0.106. The average Bonchev–Trinajstić information content (AvgIpc) is 2.75. The summed E-state index contributed by atoms with van der Waals surface area (Å²) in [5.74, 6) is 0.0936. The zero-order valence-corrected chi connectivity index (χ0v) is 15.4. The van der Waals surface area contributed by atoms with E-state index in [0.717, 1.165) is 12.8 Å². The maximum Gasteiger partial charge on any atom is 0.156 e. The van der Waals surface area contributed by atoms with Crippen molar-refractivity contribution in [3.8, 4) is 0 Å². The van der Waals surface area contributed by atoms with E-state index >= 15 is 0 Å². The minimum Gasteiger partial charge on any atom is -0.298 e. The lowest BCUT2D eigenvalue weighted by Crippen LogP contribution is -2.31. The number of ketones is 1. The van der Waals surface area contributed by atoms with Crippen molar-refractivity contribution in [2.75, 3.05) is 0 Å². The second kappa shape index (κ2) is 4.99. The molecule has 1 heteroatoms. The van der Waals surface area contributed by atoms with Crippen LogP contribution in [0.4, 0.5) is 0 Å². The van der Waals surface area contributed by atoms with E-state index in [9.17, 15) is 4.79 Å². The molecule has 132 valence electrons. The van der Waals surface area contributed by atoms with Gasteiger partial charge in [0.25, 0.3) is 0 Å². The highest BCUT2D eigenvalue weighted by atomic mass is 16.1. The van der Waals surface area contributed by atoms with E-state index in [1.165, 1.54) is 54.9 Å². The van der Waals surface area contributed by atoms with Gasteiger partial charge in [-0.05, 0) is 67.8 Å². The van der Waals surface area contributed by atoms with Crippen molar-refractivity contribution in [3.05, 3.63) is 106 Å². The monoisotopic (exact) mass is 358 g/mol. The zero-order chi connectivity index (χ0) is 18.4. The van der Waals surface area contributed by atoms with Crippen LogP contribution in [-0.2, 0) is 17.6 Å². The summed E-state index contributed by atoms with van der Waals surface area (Å²) in [6.07, 6.45) is 6.18. The van der Waals surface area contributed by atoms with Crippen molar-refractivity contribution in [1.82, 2.24) is 0 Å². The summed E-state index contributed by atoms with van der Waals surface area (Å²) in [6.45, 7) is 0. The predicted octanol–water partition coefficient (Wildman–Crippen LogP) is 5.81. The number of allylic oxidation sites excluding steroid dienone is 2.